The third kappa shape index (κ3) is 7.46. The first-order chi connectivity index (χ1) is 14.8. The number of nitrogens with zero attached hydrogens (tertiary/aromatic N) is 3. The van der Waals surface area contributed by atoms with Crippen molar-refractivity contribution in [1.82, 2.24) is 4.98 Å². The number of hydrogen-bond acceptors (Lipinski definition) is 7. The number of hydrogen-bond donors (Lipinski definition) is 0. The molecule has 0 aromatic carbocycles. The fourth-order valence-electron chi connectivity index (χ4n) is 3.40. The van der Waals surface area contributed by atoms with Crippen LogP contribution in [0, 0.1) is 10.8 Å². The van der Waals surface area contributed by atoms with Gasteiger partial charge in [-0.3, -0.25) is 14.6 Å². The van der Waals surface area contributed by atoms with E-state index in [0.29, 0.717) is 43.0 Å². The first-order valence-electron chi connectivity index (χ1n) is 11.2. The average molecular weight is 444 g/mol. The molecule has 1 atom stereocenters. The summed E-state index contributed by atoms with van der Waals surface area (Å²) >= 11 is 0. The molecule has 2 heterocycles. The van der Waals surface area contributed by atoms with Crippen molar-refractivity contribution in [2.75, 3.05) is 18.0 Å². The maximum absolute atomic E-state index is 12.5. The van der Waals surface area contributed by atoms with Gasteiger partial charge in [0.15, 0.2) is 0 Å². The third-order valence-electron chi connectivity index (χ3n) is 4.74. The highest BCUT2D eigenvalue weighted by atomic mass is 16.5. The number of carbonyl (C=O) groups excluding carboxylic acids is 2. The summed E-state index contributed by atoms with van der Waals surface area (Å²) in [5.74, 6) is 0.248. The van der Waals surface area contributed by atoms with Crippen molar-refractivity contribution in [2.45, 2.75) is 73.8 Å². The van der Waals surface area contributed by atoms with Gasteiger partial charge in [-0.25, -0.2) is 4.98 Å². The van der Waals surface area contributed by atoms with Gasteiger partial charge in [0, 0.05) is 25.7 Å². The highest BCUT2D eigenvalue weighted by Gasteiger charge is 2.34. The van der Waals surface area contributed by atoms with Gasteiger partial charge in [-0.15, -0.1) is 0 Å². The number of esters is 2. The molecule has 1 fully saturated rings. The molecule has 32 heavy (non-hydrogen) atoms. The van der Waals surface area contributed by atoms with Gasteiger partial charge in [-0.2, -0.15) is 0 Å². The predicted octanol–water partition coefficient (Wildman–Crippen LogP) is 4.90. The van der Waals surface area contributed by atoms with E-state index < -0.39 is 6.10 Å². The van der Waals surface area contributed by atoms with Crippen molar-refractivity contribution in [1.29, 1.82) is 0 Å². The van der Waals surface area contributed by atoms with Gasteiger partial charge in [0.1, 0.15) is 11.9 Å². The van der Waals surface area contributed by atoms with Gasteiger partial charge in [-0.1, -0.05) is 48.1 Å². The minimum absolute atomic E-state index is 0.146. The molecule has 1 aromatic heterocycles. The zero-order chi connectivity index (χ0) is 24.1. The smallest absolute Gasteiger partial charge is 0.313 e. The van der Waals surface area contributed by atoms with Crippen molar-refractivity contribution in [3.63, 3.8) is 0 Å². The van der Waals surface area contributed by atoms with E-state index in [0.717, 1.165) is 0 Å². The quantitative estimate of drug-likeness (QED) is 0.353. The van der Waals surface area contributed by atoms with E-state index in [4.69, 9.17) is 9.47 Å². The first-order valence-corrected chi connectivity index (χ1v) is 11.2. The molecular weight excluding hydrogens is 406 g/mol. The summed E-state index contributed by atoms with van der Waals surface area (Å²) in [4.78, 5) is 35.7. The van der Waals surface area contributed by atoms with Crippen LogP contribution in [0.5, 0.6) is 0 Å². The summed E-state index contributed by atoms with van der Waals surface area (Å²) < 4.78 is 11.4. The Labute approximate surface area is 191 Å². The highest BCUT2D eigenvalue weighted by Crippen LogP contribution is 2.32. The molecule has 0 amide bonds. The predicted molar refractivity (Wildman–Crippen MR) is 127 cm³/mol. The van der Waals surface area contributed by atoms with E-state index in [1.807, 2.05) is 59.4 Å². The number of ether oxygens (including phenoxy) is 2. The standard InChI is InChI=1S/C25H37N3O4/c1-9-26-23(32-21(30)16-25(6,7)8)18-11-10-13-27-22(18)28-14-12-19(17(28)2)31-20(29)15-24(3,4)5/h10-11,13,19H,2,9,12,14-16H2,1,3-8H3/t19-/m1/s1. The number of aromatic nitrogens is 1. The lowest BCUT2D eigenvalue weighted by Gasteiger charge is -2.24. The Morgan fingerprint density at radius 3 is 2.38 bits per heavy atom. The van der Waals surface area contributed by atoms with Crippen LogP contribution < -0.4 is 4.90 Å². The molecule has 7 nitrogen and oxygen atoms in total. The molecule has 7 heteroatoms. The molecule has 1 saturated heterocycles. The first kappa shape index (κ1) is 25.6. The van der Waals surface area contributed by atoms with Crippen LogP contribution in [0.1, 0.15) is 73.3 Å². The summed E-state index contributed by atoms with van der Waals surface area (Å²) in [5, 5.41) is 0. The fraction of sp³-hybridized carbons (Fsp3) is 0.600. The Balaban J connectivity index is 2.23. The Hall–Kier alpha value is -2.70. The molecule has 0 N–H and O–H groups in total. The van der Waals surface area contributed by atoms with Gasteiger partial charge in [0.2, 0.25) is 5.90 Å². The SMILES string of the molecule is C=C1[C@H](OC(=O)CC(C)(C)C)CCN1c1ncccc1C(=NCC)OC(=O)CC(C)(C)C. The molecule has 1 aliphatic heterocycles. The molecule has 0 unspecified atom stereocenters. The van der Waals surface area contributed by atoms with Crippen LogP contribution in [0.3, 0.4) is 0 Å². The Morgan fingerprint density at radius 1 is 1.16 bits per heavy atom. The second-order valence-corrected chi connectivity index (χ2v) is 10.5. The van der Waals surface area contributed by atoms with Crippen molar-refractivity contribution in [3.05, 3.63) is 36.2 Å². The van der Waals surface area contributed by atoms with E-state index in [9.17, 15) is 9.59 Å². The molecule has 0 bridgehead atoms. The third-order valence-corrected chi connectivity index (χ3v) is 4.74. The van der Waals surface area contributed by atoms with E-state index in [1.165, 1.54) is 0 Å². The molecule has 0 saturated carbocycles. The van der Waals surface area contributed by atoms with Crippen LogP contribution in [-0.4, -0.2) is 42.0 Å². The lowest BCUT2D eigenvalue weighted by molar-refractivity contribution is -0.149. The molecule has 176 valence electrons. The molecule has 1 aromatic rings. The summed E-state index contributed by atoms with van der Waals surface area (Å²) in [6.45, 7) is 19.0. The van der Waals surface area contributed by atoms with E-state index in [-0.39, 0.29) is 35.1 Å². The summed E-state index contributed by atoms with van der Waals surface area (Å²) in [5.41, 5.74) is 0.927. The zero-order valence-corrected chi connectivity index (χ0v) is 20.5. The van der Waals surface area contributed by atoms with Crippen LogP contribution in [-0.2, 0) is 19.1 Å². The molecule has 2 rings (SSSR count). The summed E-state index contributed by atoms with van der Waals surface area (Å²) in [6, 6.07) is 3.61. The maximum atomic E-state index is 12.5. The topological polar surface area (TPSA) is 81.1 Å². The summed E-state index contributed by atoms with van der Waals surface area (Å²) in [6.07, 6.45) is 2.49. The summed E-state index contributed by atoms with van der Waals surface area (Å²) in [7, 11) is 0. The Morgan fingerprint density at radius 2 is 1.78 bits per heavy atom. The largest absolute Gasteiger partial charge is 0.456 e. The molecule has 1 aliphatic rings. The van der Waals surface area contributed by atoms with Crippen molar-refractivity contribution >= 4 is 23.7 Å². The van der Waals surface area contributed by atoms with Crippen molar-refractivity contribution in [2.24, 2.45) is 15.8 Å². The minimum Gasteiger partial charge on any atom is -0.456 e. The highest BCUT2D eigenvalue weighted by molar-refractivity contribution is 6.04. The van der Waals surface area contributed by atoms with E-state index in [1.54, 1.807) is 12.3 Å². The van der Waals surface area contributed by atoms with Gasteiger partial charge in [0.05, 0.1) is 24.1 Å². The van der Waals surface area contributed by atoms with Crippen LogP contribution in [0.15, 0.2) is 35.6 Å². The van der Waals surface area contributed by atoms with Crippen molar-refractivity contribution < 1.29 is 19.1 Å². The van der Waals surface area contributed by atoms with Crippen molar-refractivity contribution in [3.8, 4) is 0 Å². The zero-order valence-electron chi connectivity index (χ0n) is 20.5. The number of anilines is 1. The normalized spacial score (nSPS) is 17.5. The van der Waals surface area contributed by atoms with Crippen LogP contribution in [0.25, 0.3) is 0 Å². The minimum atomic E-state index is -0.408. The van der Waals surface area contributed by atoms with Crippen LogP contribution >= 0.6 is 0 Å². The second-order valence-electron chi connectivity index (χ2n) is 10.5. The maximum Gasteiger partial charge on any atom is 0.313 e. The molecule has 0 spiro atoms. The Kier molecular flexibility index (Phi) is 8.21. The number of pyridine rings is 1. The molecule has 0 radical (unpaired) electrons. The monoisotopic (exact) mass is 443 g/mol. The second kappa shape index (κ2) is 10.3. The van der Waals surface area contributed by atoms with Crippen LogP contribution in [0.2, 0.25) is 0 Å². The fourth-order valence-corrected chi connectivity index (χ4v) is 3.40. The van der Waals surface area contributed by atoms with Gasteiger partial charge in [0.25, 0.3) is 0 Å². The van der Waals surface area contributed by atoms with E-state index >= 15 is 0 Å². The average Bonchev–Trinajstić information content (AvgIpc) is 2.98. The number of aliphatic imine (C=N–C) groups is 1. The number of carbonyl (C=O) groups is 2. The molecular formula is C25H37N3O4. The van der Waals surface area contributed by atoms with Gasteiger partial charge < -0.3 is 14.4 Å². The van der Waals surface area contributed by atoms with Gasteiger partial charge in [-0.05, 0) is 29.9 Å². The number of rotatable bonds is 6. The van der Waals surface area contributed by atoms with Gasteiger partial charge >= 0.3 is 11.9 Å². The van der Waals surface area contributed by atoms with Crippen LogP contribution in [0.4, 0.5) is 5.82 Å². The van der Waals surface area contributed by atoms with E-state index in [2.05, 4.69) is 16.6 Å². The Bertz CT molecular complexity index is 878. The molecule has 0 aliphatic carbocycles. The lowest BCUT2D eigenvalue weighted by Crippen LogP contribution is -2.26. The lowest BCUT2D eigenvalue weighted by atomic mass is 9.92.